The van der Waals surface area contributed by atoms with E-state index >= 15 is 0 Å². The first-order valence-electron chi connectivity index (χ1n) is 25.4. The van der Waals surface area contributed by atoms with Gasteiger partial charge in [0.15, 0.2) is 0 Å². The van der Waals surface area contributed by atoms with Gasteiger partial charge in [-0.3, -0.25) is 4.79 Å². The molecule has 0 radical (unpaired) electrons. The molecule has 328 valence electrons. The van der Waals surface area contributed by atoms with Crippen molar-refractivity contribution in [3.8, 4) is 0 Å². The van der Waals surface area contributed by atoms with E-state index in [2.05, 4.69) is 27.7 Å². The molecular formula is C51H100O4. The number of esters is 2. The first-order chi connectivity index (χ1) is 27.1. The van der Waals surface area contributed by atoms with Crippen molar-refractivity contribution < 1.29 is 19.1 Å². The van der Waals surface area contributed by atoms with Crippen molar-refractivity contribution in [2.45, 2.75) is 309 Å². The smallest absolute Gasteiger partial charge is 0.350 e. The second-order valence-corrected chi connectivity index (χ2v) is 17.6. The minimum atomic E-state index is -1.11. The minimum Gasteiger partial charge on any atom is -0.463 e. The fraction of sp³-hybridized carbons (Fsp3) is 0.961. The Labute approximate surface area is 346 Å². The van der Waals surface area contributed by atoms with Crippen LogP contribution in [0.25, 0.3) is 0 Å². The maximum Gasteiger partial charge on any atom is 0.350 e. The van der Waals surface area contributed by atoms with Gasteiger partial charge in [-0.25, -0.2) is 4.79 Å². The third-order valence-electron chi connectivity index (χ3n) is 12.0. The first kappa shape index (κ1) is 53.9. The molecule has 4 nitrogen and oxygen atoms in total. The maximum absolute atomic E-state index is 13.9. The van der Waals surface area contributed by atoms with E-state index in [1.54, 1.807) is 0 Å². The number of carbonyl (C=O) groups excluding carboxylic acids is 2. The molecule has 0 aliphatic carbocycles. The molecule has 0 amide bonds. The Balaban J connectivity index is 4.61. The second-order valence-electron chi connectivity index (χ2n) is 17.6. The highest BCUT2D eigenvalue weighted by Gasteiger charge is 2.43. The van der Waals surface area contributed by atoms with Crippen LogP contribution in [-0.2, 0) is 19.1 Å². The summed E-state index contributed by atoms with van der Waals surface area (Å²) in [5.41, 5.74) is -1.11. The first-order valence-corrected chi connectivity index (χ1v) is 25.4. The van der Waals surface area contributed by atoms with Crippen LogP contribution in [-0.4, -0.2) is 24.1 Å². The maximum atomic E-state index is 13.9. The third-order valence-corrected chi connectivity index (χ3v) is 12.0. The van der Waals surface area contributed by atoms with Crippen LogP contribution in [0.1, 0.15) is 304 Å². The zero-order valence-electron chi connectivity index (χ0n) is 38.2. The lowest BCUT2D eigenvalue weighted by Crippen LogP contribution is -2.45. The normalized spacial score (nSPS) is 12.6. The van der Waals surface area contributed by atoms with E-state index in [0.717, 1.165) is 77.0 Å². The van der Waals surface area contributed by atoms with E-state index < -0.39 is 5.60 Å². The number of carbonyl (C=O) groups is 2. The molecule has 0 heterocycles. The predicted octanol–water partition coefficient (Wildman–Crippen LogP) is 17.7. The van der Waals surface area contributed by atoms with Gasteiger partial charge in [-0.1, -0.05) is 259 Å². The lowest BCUT2D eigenvalue weighted by atomic mass is 9.89. The van der Waals surface area contributed by atoms with Crippen LogP contribution in [0.4, 0.5) is 0 Å². The average molecular weight is 777 g/mol. The average Bonchev–Trinajstić information content (AvgIpc) is 3.19. The van der Waals surface area contributed by atoms with E-state index in [-0.39, 0.29) is 11.9 Å². The quantitative estimate of drug-likeness (QED) is 0.0456. The van der Waals surface area contributed by atoms with Gasteiger partial charge in [0.1, 0.15) is 0 Å². The van der Waals surface area contributed by atoms with Gasteiger partial charge in [0.2, 0.25) is 5.60 Å². The molecule has 0 aromatic carbocycles. The van der Waals surface area contributed by atoms with Crippen LogP contribution >= 0.6 is 0 Å². The van der Waals surface area contributed by atoms with Gasteiger partial charge in [0.25, 0.3) is 0 Å². The molecule has 0 fully saturated rings. The zero-order valence-corrected chi connectivity index (χ0v) is 38.2. The van der Waals surface area contributed by atoms with Crippen molar-refractivity contribution >= 4 is 11.9 Å². The number of unbranched alkanes of at least 4 members (excludes halogenated alkanes) is 36. The summed E-state index contributed by atoms with van der Waals surface area (Å²) in [6, 6.07) is 0. The lowest BCUT2D eigenvalue weighted by Gasteiger charge is -2.32. The Morgan fingerprint density at radius 2 is 0.582 bits per heavy atom. The summed E-state index contributed by atoms with van der Waals surface area (Å²) >= 11 is 0. The molecule has 0 saturated heterocycles. The van der Waals surface area contributed by atoms with E-state index in [9.17, 15) is 9.59 Å². The molecular weight excluding hydrogens is 677 g/mol. The molecule has 0 rings (SSSR count). The summed E-state index contributed by atoms with van der Waals surface area (Å²) in [5, 5.41) is 0. The van der Waals surface area contributed by atoms with Crippen LogP contribution in [0.2, 0.25) is 0 Å². The zero-order chi connectivity index (χ0) is 40.2. The Bertz CT molecular complexity index is 781. The highest BCUT2D eigenvalue weighted by Crippen LogP contribution is 2.30. The Kier molecular flexibility index (Phi) is 43.2. The summed E-state index contributed by atoms with van der Waals surface area (Å²) in [7, 11) is 0. The molecule has 55 heavy (non-hydrogen) atoms. The number of hydrogen-bond acceptors (Lipinski definition) is 4. The molecule has 1 atom stereocenters. The number of rotatable bonds is 46. The van der Waals surface area contributed by atoms with Gasteiger partial charge < -0.3 is 9.47 Å². The van der Waals surface area contributed by atoms with Gasteiger partial charge in [0, 0.05) is 6.42 Å². The van der Waals surface area contributed by atoms with E-state index in [1.165, 1.54) is 180 Å². The van der Waals surface area contributed by atoms with E-state index in [4.69, 9.17) is 9.47 Å². The molecule has 4 heteroatoms. The summed E-state index contributed by atoms with van der Waals surface area (Å²) in [6.07, 6.45) is 52.4. The van der Waals surface area contributed by atoms with E-state index in [1.807, 2.05) is 0 Å². The number of ether oxygens (including phenoxy) is 2. The van der Waals surface area contributed by atoms with Crippen molar-refractivity contribution in [2.24, 2.45) is 0 Å². The fourth-order valence-electron chi connectivity index (χ4n) is 8.18. The van der Waals surface area contributed by atoms with Gasteiger partial charge in [-0.15, -0.1) is 0 Å². The van der Waals surface area contributed by atoms with Crippen LogP contribution in [0.5, 0.6) is 0 Å². The Morgan fingerprint density at radius 1 is 0.327 bits per heavy atom. The summed E-state index contributed by atoms with van der Waals surface area (Å²) in [4.78, 5) is 27.1. The topological polar surface area (TPSA) is 52.6 Å². The Morgan fingerprint density at radius 3 is 0.909 bits per heavy atom. The molecule has 0 aromatic rings. The van der Waals surface area contributed by atoms with Crippen LogP contribution < -0.4 is 0 Å². The van der Waals surface area contributed by atoms with Gasteiger partial charge in [-0.05, 0) is 38.5 Å². The monoisotopic (exact) mass is 777 g/mol. The summed E-state index contributed by atoms with van der Waals surface area (Å²) in [6.45, 7) is 9.43. The van der Waals surface area contributed by atoms with Crippen molar-refractivity contribution in [1.82, 2.24) is 0 Å². The van der Waals surface area contributed by atoms with E-state index in [0.29, 0.717) is 25.9 Å². The molecule has 0 saturated carbocycles. The molecule has 0 aliphatic rings. The van der Waals surface area contributed by atoms with Gasteiger partial charge >= 0.3 is 11.9 Å². The molecule has 0 spiro atoms. The van der Waals surface area contributed by atoms with Gasteiger partial charge in [-0.2, -0.15) is 0 Å². The molecule has 0 aromatic heterocycles. The van der Waals surface area contributed by atoms with Crippen molar-refractivity contribution in [3.05, 3.63) is 0 Å². The number of hydrogen-bond donors (Lipinski definition) is 0. The summed E-state index contributed by atoms with van der Waals surface area (Å²) < 4.78 is 12.2. The van der Waals surface area contributed by atoms with Crippen molar-refractivity contribution in [2.75, 3.05) is 6.61 Å². The second kappa shape index (κ2) is 44.1. The lowest BCUT2D eigenvalue weighted by molar-refractivity contribution is -0.185. The molecule has 0 aliphatic heterocycles. The highest BCUT2D eigenvalue weighted by atomic mass is 16.6. The standard InChI is InChI=1S/C51H100O4/c1-5-9-13-17-19-21-23-25-27-29-31-33-35-37-39-43-47-51(46-42-16-12-8-4,55-49(52)45-41-15-11-7-3)50(53)54-48-44-40-38-36-34-32-30-28-26-24-22-20-18-14-10-6-2/h5-48H2,1-4H3. The van der Waals surface area contributed by atoms with Crippen molar-refractivity contribution in [1.29, 1.82) is 0 Å². The largest absolute Gasteiger partial charge is 0.463 e. The molecule has 1 unspecified atom stereocenters. The predicted molar refractivity (Wildman–Crippen MR) is 241 cm³/mol. The highest BCUT2D eigenvalue weighted by molar-refractivity contribution is 5.83. The molecule has 0 bridgehead atoms. The van der Waals surface area contributed by atoms with Crippen LogP contribution in [0.15, 0.2) is 0 Å². The van der Waals surface area contributed by atoms with Crippen molar-refractivity contribution in [3.63, 3.8) is 0 Å². The third kappa shape index (κ3) is 37.0. The Hall–Kier alpha value is -1.06. The molecule has 0 N–H and O–H groups in total. The van der Waals surface area contributed by atoms with Crippen LogP contribution in [0, 0.1) is 0 Å². The summed E-state index contributed by atoms with van der Waals surface area (Å²) in [5.74, 6) is -0.477. The SMILES string of the molecule is CCCCCCCCCCCCCCCCCCOC(=O)C(CCCCCC)(CCCCCCCCCCCCCCCCCC)OC(=O)CCCCCC. The minimum absolute atomic E-state index is 0.206. The van der Waals surface area contributed by atoms with Gasteiger partial charge in [0.05, 0.1) is 6.61 Å². The van der Waals surface area contributed by atoms with Crippen LogP contribution in [0.3, 0.4) is 0 Å². The fourth-order valence-corrected chi connectivity index (χ4v) is 8.18.